The van der Waals surface area contributed by atoms with Gasteiger partial charge in [0.2, 0.25) is 11.6 Å². The molecular weight excluding hydrogens is 280 g/mol. The zero-order valence-corrected chi connectivity index (χ0v) is 12.4. The van der Waals surface area contributed by atoms with Gasteiger partial charge < -0.3 is 10.6 Å². The molecule has 9 heteroatoms. The van der Waals surface area contributed by atoms with Crippen molar-refractivity contribution in [1.29, 1.82) is 0 Å². The van der Waals surface area contributed by atoms with Crippen LogP contribution in [0, 0.1) is 0 Å². The fraction of sp³-hybridized carbons (Fsp3) is 0.667. The molecule has 2 heterocycles. The summed E-state index contributed by atoms with van der Waals surface area (Å²) in [7, 11) is 0. The highest BCUT2D eigenvalue weighted by molar-refractivity contribution is 5.73. The van der Waals surface area contributed by atoms with Gasteiger partial charge in [0, 0.05) is 6.42 Å². The fourth-order valence-corrected chi connectivity index (χ4v) is 2.19. The first-order valence-electron chi connectivity index (χ1n) is 6.72. The summed E-state index contributed by atoms with van der Waals surface area (Å²) in [6.07, 6.45) is -0.198. The predicted octanol–water partition coefficient (Wildman–Crippen LogP) is 0.819. The molecule has 1 saturated heterocycles. The van der Waals surface area contributed by atoms with Crippen molar-refractivity contribution in [3.63, 3.8) is 0 Å². The van der Waals surface area contributed by atoms with E-state index in [0.717, 1.165) is 0 Å². The van der Waals surface area contributed by atoms with E-state index in [1.54, 1.807) is 0 Å². The van der Waals surface area contributed by atoms with Crippen LogP contribution < -0.4 is 32.2 Å². The molecule has 1 aliphatic heterocycles. The highest BCUT2D eigenvalue weighted by Crippen LogP contribution is 2.33. The molecule has 0 spiro atoms. The Hall–Kier alpha value is -1.90. The van der Waals surface area contributed by atoms with Crippen LogP contribution in [-0.4, -0.2) is 29.5 Å². The van der Waals surface area contributed by atoms with Crippen LogP contribution in [0.3, 0.4) is 0 Å². The number of nitrogens with one attached hydrogen (secondary N) is 3. The summed E-state index contributed by atoms with van der Waals surface area (Å²) in [5.74, 6) is 3.74. The number of alkyl halides is 2. The number of rotatable bonds is 3. The smallest absolute Gasteiger partial charge is 0.347 e. The van der Waals surface area contributed by atoms with Crippen molar-refractivity contribution in [1.82, 2.24) is 4.98 Å². The number of aromatic nitrogens is 2. The number of halogens is 2. The van der Waals surface area contributed by atoms with Gasteiger partial charge in [-0.25, -0.2) is 19.6 Å². The van der Waals surface area contributed by atoms with Crippen molar-refractivity contribution < 1.29 is 13.8 Å². The minimum absolute atomic E-state index is 0.198. The average molecular weight is 302 g/mol. The second-order valence-corrected chi connectivity index (χ2v) is 6.24. The molecule has 0 unspecified atom stereocenters. The Balaban J connectivity index is 2.38. The molecule has 0 atom stereocenters. The third-order valence-corrected chi connectivity index (χ3v) is 3.09. The van der Waals surface area contributed by atoms with Crippen molar-refractivity contribution in [3.8, 4) is 0 Å². The molecule has 2 rings (SSSR count). The van der Waals surface area contributed by atoms with Gasteiger partial charge in [-0.15, -0.1) is 0 Å². The molecule has 1 aliphatic rings. The number of anilines is 4. The Morgan fingerprint density at radius 2 is 2.05 bits per heavy atom. The van der Waals surface area contributed by atoms with E-state index in [0.29, 0.717) is 11.8 Å². The highest BCUT2D eigenvalue weighted by atomic mass is 19.3. The number of nitrogen functional groups attached to an aromatic ring is 2. The molecule has 1 aromatic heterocycles. The largest absolute Gasteiger partial charge is 0.390 e. The topological polar surface area (TPSA) is 106 Å². The van der Waals surface area contributed by atoms with E-state index in [1.807, 2.05) is 20.8 Å². The summed E-state index contributed by atoms with van der Waals surface area (Å²) in [6.45, 7) is 5.71. The normalized spacial score (nSPS) is 17.9. The molecule has 0 aliphatic carbocycles. The number of hydrazine groups is 1. The van der Waals surface area contributed by atoms with E-state index in [2.05, 4.69) is 20.7 Å². The van der Waals surface area contributed by atoms with Crippen molar-refractivity contribution >= 4 is 23.3 Å². The summed E-state index contributed by atoms with van der Waals surface area (Å²) < 4.78 is 26.8. The van der Waals surface area contributed by atoms with Gasteiger partial charge in [0.15, 0.2) is 5.69 Å². The van der Waals surface area contributed by atoms with E-state index in [9.17, 15) is 8.78 Å². The lowest BCUT2D eigenvalue weighted by molar-refractivity contribution is -0.350. The zero-order valence-electron chi connectivity index (χ0n) is 12.4. The second kappa shape index (κ2) is 5.14. The lowest BCUT2D eigenvalue weighted by atomic mass is 10.1. The minimum Gasteiger partial charge on any atom is -0.390 e. The maximum Gasteiger partial charge on any atom is 0.347 e. The van der Waals surface area contributed by atoms with Gasteiger partial charge in [0.05, 0.1) is 12.1 Å². The number of hydrogen-bond acceptors (Lipinski definition) is 6. The molecule has 118 valence electrons. The number of hydrogen-bond donors (Lipinski definition) is 4. The van der Waals surface area contributed by atoms with Crippen LogP contribution >= 0.6 is 0 Å². The first-order chi connectivity index (χ1) is 9.61. The number of nitrogens with zero attached hydrogens (tertiary/aromatic N) is 2. The molecule has 0 amide bonds. The molecule has 0 aromatic carbocycles. The Morgan fingerprint density at radius 3 is 2.52 bits per heavy atom. The van der Waals surface area contributed by atoms with Gasteiger partial charge in [-0.05, 0) is 20.8 Å². The fourth-order valence-electron chi connectivity index (χ4n) is 2.19. The number of aromatic amines is 1. The Kier molecular flexibility index (Phi) is 3.79. The van der Waals surface area contributed by atoms with Crippen LogP contribution in [0.2, 0.25) is 0 Å². The van der Waals surface area contributed by atoms with E-state index in [4.69, 9.17) is 11.6 Å². The van der Waals surface area contributed by atoms with Gasteiger partial charge in [-0.1, -0.05) is 4.98 Å². The summed E-state index contributed by atoms with van der Waals surface area (Å²) >= 11 is 0. The Morgan fingerprint density at radius 1 is 1.38 bits per heavy atom. The Labute approximate surface area is 122 Å². The van der Waals surface area contributed by atoms with Crippen LogP contribution in [-0.2, 0) is 0 Å². The highest BCUT2D eigenvalue weighted by Gasteiger charge is 2.42. The molecule has 1 fully saturated rings. The van der Waals surface area contributed by atoms with E-state index >= 15 is 0 Å². The van der Waals surface area contributed by atoms with Gasteiger partial charge in [0.25, 0.3) is 5.92 Å². The van der Waals surface area contributed by atoms with Crippen LogP contribution in [0.5, 0.6) is 0 Å². The summed E-state index contributed by atoms with van der Waals surface area (Å²) in [5, 5.41) is 3.14. The molecule has 0 bridgehead atoms. The van der Waals surface area contributed by atoms with Crippen molar-refractivity contribution in [3.05, 3.63) is 0 Å². The van der Waals surface area contributed by atoms with Crippen LogP contribution in [0.25, 0.3) is 0 Å². The first-order valence-corrected chi connectivity index (χ1v) is 6.72. The predicted molar refractivity (Wildman–Crippen MR) is 78.2 cm³/mol. The molecule has 0 saturated carbocycles. The molecule has 7 nitrogen and oxygen atoms in total. The van der Waals surface area contributed by atoms with Crippen molar-refractivity contribution in [2.75, 3.05) is 34.5 Å². The van der Waals surface area contributed by atoms with Gasteiger partial charge in [-0.3, -0.25) is 10.7 Å². The van der Waals surface area contributed by atoms with E-state index in [1.165, 1.54) is 4.90 Å². The third-order valence-electron chi connectivity index (χ3n) is 3.09. The second-order valence-electron chi connectivity index (χ2n) is 6.24. The lowest BCUT2D eigenvalue weighted by Crippen LogP contribution is -2.36. The maximum absolute atomic E-state index is 13.4. The third kappa shape index (κ3) is 3.60. The van der Waals surface area contributed by atoms with Gasteiger partial charge >= 0.3 is 5.95 Å². The number of nitrogens with two attached hydrogens (primary N) is 2. The quantitative estimate of drug-likeness (QED) is 0.486. The SMILES string of the molecule is CC(C)(C)Nc1nc(NN)c(N)c(N2CCC(F)(F)C2)[nH+]1. The van der Waals surface area contributed by atoms with Crippen LogP contribution in [0.4, 0.5) is 32.1 Å². The number of H-pyrrole nitrogens is 1. The van der Waals surface area contributed by atoms with Gasteiger partial charge in [0.1, 0.15) is 6.54 Å². The first kappa shape index (κ1) is 15.5. The summed E-state index contributed by atoms with van der Waals surface area (Å²) in [5.41, 5.74) is 8.31. The van der Waals surface area contributed by atoms with Crippen LogP contribution in [0.15, 0.2) is 0 Å². The minimum atomic E-state index is -2.71. The summed E-state index contributed by atoms with van der Waals surface area (Å²) in [4.78, 5) is 8.68. The molecule has 7 N–H and O–H groups in total. The van der Waals surface area contributed by atoms with E-state index in [-0.39, 0.29) is 36.6 Å². The Bertz CT molecular complexity index is 527. The zero-order chi connectivity index (χ0) is 15.8. The van der Waals surface area contributed by atoms with E-state index < -0.39 is 5.92 Å². The monoisotopic (exact) mass is 302 g/mol. The molecule has 0 radical (unpaired) electrons. The molecule has 21 heavy (non-hydrogen) atoms. The maximum atomic E-state index is 13.4. The average Bonchev–Trinajstić information content (AvgIpc) is 2.69. The van der Waals surface area contributed by atoms with Gasteiger partial charge in [-0.2, -0.15) is 0 Å². The summed E-state index contributed by atoms with van der Waals surface area (Å²) in [6, 6.07) is 0. The molecular formula is C12H22F2N7+. The lowest BCUT2D eigenvalue weighted by Gasteiger charge is -2.20. The molecule has 1 aromatic rings. The van der Waals surface area contributed by atoms with Crippen molar-refractivity contribution in [2.45, 2.75) is 38.7 Å². The standard InChI is InChI=1S/C12H21F2N7/c1-11(2,3)19-10-17-8(20-16)7(15)9(18-10)21-5-4-12(13,14)6-21/h4-6,15-16H2,1-3H3,(H2,17,18,19,20)/p+1. The van der Waals surface area contributed by atoms with Crippen molar-refractivity contribution in [2.24, 2.45) is 5.84 Å². The van der Waals surface area contributed by atoms with Crippen LogP contribution in [0.1, 0.15) is 27.2 Å².